The summed E-state index contributed by atoms with van der Waals surface area (Å²) in [5.41, 5.74) is 6.14. The molecule has 0 bridgehead atoms. The minimum absolute atomic E-state index is 0.0594. The SMILES string of the molecule is CCCCn1c(N)c(N(Cc2ccccc2)C(=O)CCC2CCCCC2)c(=O)[nH]c1=O. The number of anilines is 2. The van der Waals surface area contributed by atoms with Gasteiger partial charge in [-0.25, -0.2) is 4.79 Å². The topological polar surface area (TPSA) is 101 Å². The molecule has 1 heterocycles. The van der Waals surface area contributed by atoms with Gasteiger partial charge in [-0.3, -0.25) is 19.1 Å². The van der Waals surface area contributed by atoms with Gasteiger partial charge in [0.1, 0.15) is 5.82 Å². The summed E-state index contributed by atoms with van der Waals surface area (Å²) in [5, 5.41) is 0. The van der Waals surface area contributed by atoms with Crippen LogP contribution in [0.3, 0.4) is 0 Å². The van der Waals surface area contributed by atoms with Crippen molar-refractivity contribution in [3.05, 3.63) is 56.7 Å². The number of amides is 1. The van der Waals surface area contributed by atoms with E-state index in [1.54, 1.807) is 0 Å². The van der Waals surface area contributed by atoms with Crippen molar-refractivity contribution in [3.63, 3.8) is 0 Å². The number of aromatic nitrogens is 2. The first-order valence-corrected chi connectivity index (χ1v) is 11.5. The van der Waals surface area contributed by atoms with Gasteiger partial charge in [0, 0.05) is 13.0 Å². The zero-order valence-corrected chi connectivity index (χ0v) is 18.4. The predicted octanol–water partition coefficient (Wildman–Crippen LogP) is 3.81. The minimum Gasteiger partial charge on any atom is -0.383 e. The molecule has 7 nitrogen and oxygen atoms in total. The van der Waals surface area contributed by atoms with Gasteiger partial charge in [0.05, 0.1) is 6.54 Å². The quantitative estimate of drug-likeness (QED) is 0.636. The van der Waals surface area contributed by atoms with Crippen LogP contribution in [0.25, 0.3) is 0 Å². The molecular weight excluding hydrogens is 392 g/mol. The predicted molar refractivity (Wildman–Crippen MR) is 124 cm³/mol. The number of nitrogens with zero attached hydrogens (tertiary/aromatic N) is 2. The molecule has 0 radical (unpaired) electrons. The Bertz CT molecular complexity index is 975. The van der Waals surface area contributed by atoms with E-state index in [-0.39, 0.29) is 24.0 Å². The molecule has 1 amide bonds. The number of nitrogen functional groups attached to an aromatic ring is 1. The molecule has 0 atom stereocenters. The van der Waals surface area contributed by atoms with E-state index >= 15 is 0 Å². The summed E-state index contributed by atoms with van der Waals surface area (Å²) < 4.78 is 1.37. The van der Waals surface area contributed by atoms with E-state index in [0.29, 0.717) is 18.9 Å². The van der Waals surface area contributed by atoms with Crippen LogP contribution in [-0.4, -0.2) is 15.5 Å². The van der Waals surface area contributed by atoms with Crippen molar-refractivity contribution >= 4 is 17.4 Å². The van der Waals surface area contributed by atoms with Crippen molar-refractivity contribution in [1.29, 1.82) is 0 Å². The second kappa shape index (κ2) is 11.0. The van der Waals surface area contributed by atoms with Crippen LogP contribution in [0, 0.1) is 5.92 Å². The van der Waals surface area contributed by atoms with Crippen molar-refractivity contribution in [2.45, 2.75) is 77.8 Å². The van der Waals surface area contributed by atoms with Crippen LogP contribution >= 0.6 is 0 Å². The molecule has 1 saturated carbocycles. The number of aromatic amines is 1. The van der Waals surface area contributed by atoms with Crippen LogP contribution in [0.4, 0.5) is 11.5 Å². The van der Waals surface area contributed by atoms with Crippen molar-refractivity contribution in [2.75, 3.05) is 10.6 Å². The lowest BCUT2D eigenvalue weighted by atomic mass is 9.86. The van der Waals surface area contributed by atoms with Gasteiger partial charge in [0.15, 0.2) is 5.69 Å². The van der Waals surface area contributed by atoms with E-state index < -0.39 is 11.2 Å². The number of nitrogens with two attached hydrogens (primary N) is 1. The highest BCUT2D eigenvalue weighted by Crippen LogP contribution is 2.28. The number of benzene rings is 1. The Morgan fingerprint density at radius 2 is 1.87 bits per heavy atom. The molecule has 0 aliphatic heterocycles. The maximum absolute atomic E-state index is 13.3. The van der Waals surface area contributed by atoms with Gasteiger partial charge in [-0.2, -0.15) is 0 Å². The fourth-order valence-electron chi connectivity index (χ4n) is 4.37. The summed E-state index contributed by atoms with van der Waals surface area (Å²) in [6.45, 7) is 2.66. The highest BCUT2D eigenvalue weighted by molar-refractivity contribution is 5.95. The fourth-order valence-corrected chi connectivity index (χ4v) is 4.37. The molecule has 1 aromatic heterocycles. The van der Waals surface area contributed by atoms with Gasteiger partial charge in [0.2, 0.25) is 5.91 Å². The zero-order chi connectivity index (χ0) is 22.2. The number of carbonyl (C=O) groups excluding carboxylic acids is 1. The lowest BCUT2D eigenvalue weighted by molar-refractivity contribution is -0.119. The van der Waals surface area contributed by atoms with Crippen LogP contribution in [0.2, 0.25) is 0 Å². The average Bonchev–Trinajstić information content (AvgIpc) is 2.78. The monoisotopic (exact) mass is 426 g/mol. The van der Waals surface area contributed by atoms with Crippen LogP contribution in [0.5, 0.6) is 0 Å². The van der Waals surface area contributed by atoms with Crippen molar-refractivity contribution < 1.29 is 4.79 Å². The molecule has 0 unspecified atom stereocenters. The third-order valence-corrected chi connectivity index (χ3v) is 6.20. The maximum atomic E-state index is 13.3. The maximum Gasteiger partial charge on any atom is 0.330 e. The van der Waals surface area contributed by atoms with E-state index in [4.69, 9.17) is 5.73 Å². The van der Waals surface area contributed by atoms with E-state index in [2.05, 4.69) is 4.98 Å². The summed E-state index contributed by atoms with van der Waals surface area (Å²) in [4.78, 5) is 42.3. The Morgan fingerprint density at radius 3 is 2.55 bits per heavy atom. The number of rotatable bonds is 9. The van der Waals surface area contributed by atoms with Gasteiger partial charge in [-0.05, 0) is 24.3 Å². The number of unbranched alkanes of at least 4 members (excludes halogenated alkanes) is 1. The highest BCUT2D eigenvalue weighted by Gasteiger charge is 2.25. The molecule has 31 heavy (non-hydrogen) atoms. The molecule has 3 rings (SSSR count). The average molecular weight is 427 g/mol. The van der Waals surface area contributed by atoms with Crippen LogP contribution in [0.15, 0.2) is 39.9 Å². The summed E-state index contributed by atoms with van der Waals surface area (Å²) in [6, 6.07) is 9.54. The Hall–Kier alpha value is -2.83. The lowest BCUT2D eigenvalue weighted by Gasteiger charge is -2.26. The molecule has 1 aromatic carbocycles. The van der Waals surface area contributed by atoms with Crippen LogP contribution in [-0.2, 0) is 17.9 Å². The standard InChI is InChI=1S/C24H34N4O3/c1-2-3-16-27-22(25)21(23(30)26-24(27)31)28(17-19-12-8-5-9-13-19)20(29)15-14-18-10-6-4-7-11-18/h5,8-9,12-13,18H,2-4,6-7,10-11,14-17,25H2,1H3,(H,26,30,31). The number of nitrogens with one attached hydrogen (secondary N) is 1. The van der Waals surface area contributed by atoms with Crippen LogP contribution in [0.1, 0.15) is 70.3 Å². The summed E-state index contributed by atoms with van der Waals surface area (Å²) in [7, 11) is 0. The first-order chi connectivity index (χ1) is 15.0. The zero-order valence-electron chi connectivity index (χ0n) is 18.4. The van der Waals surface area contributed by atoms with E-state index in [1.165, 1.54) is 28.7 Å². The number of hydrogen-bond donors (Lipinski definition) is 2. The number of H-pyrrole nitrogens is 1. The second-order valence-electron chi connectivity index (χ2n) is 8.51. The normalized spacial score (nSPS) is 14.5. The smallest absolute Gasteiger partial charge is 0.330 e. The molecule has 1 aliphatic carbocycles. The molecule has 0 spiro atoms. The van der Waals surface area contributed by atoms with E-state index in [0.717, 1.165) is 37.7 Å². The number of carbonyl (C=O) groups is 1. The summed E-state index contributed by atoms with van der Waals surface area (Å²) >= 11 is 0. The third kappa shape index (κ3) is 5.87. The highest BCUT2D eigenvalue weighted by atomic mass is 16.2. The van der Waals surface area contributed by atoms with Gasteiger partial charge in [0.25, 0.3) is 5.56 Å². The largest absolute Gasteiger partial charge is 0.383 e. The lowest BCUT2D eigenvalue weighted by Crippen LogP contribution is -2.41. The van der Waals surface area contributed by atoms with E-state index in [9.17, 15) is 14.4 Å². The summed E-state index contributed by atoms with van der Waals surface area (Å²) in [5.74, 6) is 0.488. The Balaban J connectivity index is 1.92. The van der Waals surface area contributed by atoms with Crippen molar-refractivity contribution in [3.8, 4) is 0 Å². The second-order valence-corrected chi connectivity index (χ2v) is 8.51. The Labute approximate surface area is 183 Å². The molecule has 168 valence electrons. The molecule has 1 fully saturated rings. The molecule has 7 heteroatoms. The van der Waals surface area contributed by atoms with Gasteiger partial charge in [-0.15, -0.1) is 0 Å². The molecule has 3 N–H and O–H groups in total. The summed E-state index contributed by atoms with van der Waals surface area (Å²) in [6.07, 6.45) is 8.87. The molecule has 1 aliphatic rings. The minimum atomic E-state index is -0.614. The van der Waals surface area contributed by atoms with Gasteiger partial charge >= 0.3 is 5.69 Å². The van der Waals surface area contributed by atoms with Crippen molar-refractivity contribution in [2.24, 2.45) is 5.92 Å². The van der Waals surface area contributed by atoms with Crippen molar-refractivity contribution in [1.82, 2.24) is 9.55 Å². The van der Waals surface area contributed by atoms with Gasteiger partial charge < -0.3 is 10.6 Å². The Kier molecular flexibility index (Phi) is 8.09. The van der Waals surface area contributed by atoms with Gasteiger partial charge in [-0.1, -0.05) is 75.8 Å². The molecule has 2 aromatic rings. The first-order valence-electron chi connectivity index (χ1n) is 11.5. The first kappa shape index (κ1) is 22.8. The Morgan fingerprint density at radius 1 is 1.16 bits per heavy atom. The van der Waals surface area contributed by atoms with E-state index in [1.807, 2.05) is 37.3 Å². The third-order valence-electron chi connectivity index (χ3n) is 6.20. The molecular formula is C24H34N4O3. The molecule has 0 saturated heterocycles. The fraction of sp³-hybridized carbons (Fsp3) is 0.542. The van der Waals surface area contributed by atoms with Crippen LogP contribution < -0.4 is 21.9 Å². The number of hydrogen-bond acceptors (Lipinski definition) is 4.